The highest BCUT2D eigenvalue weighted by molar-refractivity contribution is 5.84. The minimum absolute atomic E-state index is 0.0485. The van der Waals surface area contributed by atoms with Gasteiger partial charge in [-0.3, -0.25) is 30.1 Å². The number of carbonyl (C=O) groups is 3. The first kappa shape index (κ1) is 17.7. The molecule has 2 aliphatic rings. The number of rotatable bonds is 6. The second-order valence-electron chi connectivity index (χ2n) is 6.53. The quantitative estimate of drug-likeness (QED) is 0.608. The number of nitrogens with one attached hydrogen (secondary N) is 3. The topological polar surface area (TPSA) is 90.5 Å². The molecule has 23 heavy (non-hydrogen) atoms. The summed E-state index contributed by atoms with van der Waals surface area (Å²) in [6, 6.07) is 0. The third-order valence-electron chi connectivity index (χ3n) is 4.59. The highest BCUT2D eigenvalue weighted by atomic mass is 16.2. The summed E-state index contributed by atoms with van der Waals surface area (Å²) in [5.74, 6) is -0.243. The molecule has 7 nitrogen and oxygen atoms in total. The molecule has 0 aromatic heterocycles. The van der Waals surface area contributed by atoms with Crippen molar-refractivity contribution in [2.45, 2.75) is 45.4 Å². The fourth-order valence-corrected chi connectivity index (χ4v) is 2.95. The lowest BCUT2D eigenvalue weighted by Crippen LogP contribution is -2.51. The van der Waals surface area contributed by atoms with E-state index in [2.05, 4.69) is 16.2 Å². The van der Waals surface area contributed by atoms with E-state index < -0.39 is 0 Å². The van der Waals surface area contributed by atoms with Crippen LogP contribution in [0.3, 0.4) is 0 Å². The number of amides is 3. The summed E-state index contributed by atoms with van der Waals surface area (Å²) in [5, 5.41) is 2.92. The number of carbonyl (C=O) groups excluding carboxylic acids is 3. The van der Waals surface area contributed by atoms with E-state index in [1.807, 2.05) is 11.8 Å². The molecule has 1 saturated carbocycles. The third kappa shape index (κ3) is 5.49. The zero-order chi connectivity index (χ0) is 16.7. The van der Waals surface area contributed by atoms with E-state index in [0.29, 0.717) is 13.1 Å². The molecule has 1 atom stereocenters. The van der Waals surface area contributed by atoms with Crippen molar-refractivity contribution in [2.75, 3.05) is 26.2 Å². The van der Waals surface area contributed by atoms with Gasteiger partial charge in [-0.1, -0.05) is 13.3 Å². The normalized spacial score (nSPS) is 22.0. The molecule has 3 N–H and O–H groups in total. The lowest BCUT2D eigenvalue weighted by Gasteiger charge is -2.31. The molecule has 0 aromatic rings. The van der Waals surface area contributed by atoms with Crippen molar-refractivity contribution in [3.63, 3.8) is 0 Å². The first-order chi connectivity index (χ1) is 11.1. The standard InChI is InChI=1S/C16H28N4O3/c1-2-8-17-15(22)13-7-4-9-20(10-13)11-14(21)18-19-16(23)12-5-3-6-12/h12-13H,2-11H2,1H3,(H,17,22)(H,18,21)(H,19,23). The van der Waals surface area contributed by atoms with E-state index in [0.717, 1.165) is 45.1 Å². The lowest BCUT2D eigenvalue weighted by atomic mass is 9.85. The van der Waals surface area contributed by atoms with E-state index in [-0.39, 0.29) is 36.1 Å². The van der Waals surface area contributed by atoms with Crippen LogP contribution in [0.15, 0.2) is 0 Å². The van der Waals surface area contributed by atoms with Gasteiger partial charge in [-0.25, -0.2) is 0 Å². The molecule has 7 heteroatoms. The van der Waals surface area contributed by atoms with Gasteiger partial charge in [-0.05, 0) is 38.6 Å². The number of piperidine rings is 1. The van der Waals surface area contributed by atoms with Gasteiger partial charge in [0.2, 0.25) is 11.8 Å². The maximum atomic E-state index is 12.0. The van der Waals surface area contributed by atoms with Crippen LogP contribution in [0.4, 0.5) is 0 Å². The summed E-state index contributed by atoms with van der Waals surface area (Å²) in [5.41, 5.74) is 4.97. The minimum Gasteiger partial charge on any atom is -0.356 e. The monoisotopic (exact) mass is 324 g/mol. The number of likely N-dealkylation sites (tertiary alicyclic amines) is 1. The molecule has 1 aliphatic heterocycles. The Labute approximate surface area is 137 Å². The zero-order valence-electron chi connectivity index (χ0n) is 13.9. The van der Waals surface area contributed by atoms with Gasteiger partial charge in [0, 0.05) is 19.0 Å². The second kappa shape index (κ2) is 8.86. The van der Waals surface area contributed by atoms with Gasteiger partial charge < -0.3 is 5.32 Å². The van der Waals surface area contributed by atoms with E-state index in [9.17, 15) is 14.4 Å². The Hall–Kier alpha value is -1.63. The van der Waals surface area contributed by atoms with E-state index in [4.69, 9.17) is 0 Å². The summed E-state index contributed by atoms with van der Waals surface area (Å²) in [6.45, 7) is 4.34. The molecule has 1 unspecified atom stereocenters. The fraction of sp³-hybridized carbons (Fsp3) is 0.812. The maximum Gasteiger partial charge on any atom is 0.252 e. The fourth-order valence-electron chi connectivity index (χ4n) is 2.95. The maximum absolute atomic E-state index is 12.0. The van der Waals surface area contributed by atoms with Crippen LogP contribution in [0.25, 0.3) is 0 Å². The first-order valence-electron chi connectivity index (χ1n) is 8.69. The second-order valence-corrected chi connectivity index (χ2v) is 6.53. The molecule has 3 amide bonds. The molecule has 0 bridgehead atoms. The molecule has 0 aromatic carbocycles. The van der Waals surface area contributed by atoms with Crippen molar-refractivity contribution in [3.05, 3.63) is 0 Å². The molecular formula is C16H28N4O3. The smallest absolute Gasteiger partial charge is 0.252 e. The first-order valence-corrected chi connectivity index (χ1v) is 8.69. The van der Waals surface area contributed by atoms with Crippen LogP contribution in [-0.4, -0.2) is 48.8 Å². The summed E-state index contributed by atoms with van der Waals surface area (Å²) in [6.07, 6.45) is 5.59. The SMILES string of the molecule is CCCNC(=O)C1CCCN(CC(=O)NNC(=O)C2CCC2)C1. The molecule has 2 fully saturated rings. The van der Waals surface area contributed by atoms with Crippen molar-refractivity contribution < 1.29 is 14.4 Å². The van der Waals surface area contributed by atoms with Crippen LogP contribution in [-0.2, 0) is 14.4 Å². The largest absolute Gasteiger partial charge is 0.356 e. The molecule has 1 heterocycles. The summed E-state index contributed by atoms with van der Waals surface area (Å²) in [7, 11) is 0. The summed E-state index contributed by atoms with van der Waals surface area (Å²) in [4.78, 5) is 37.6. The van der Waals surface area contributed by atoms with Gasteiger partial charge in [0.05, 0.1) is 12.5 Å². The van der Waals surface area contributed by atoms with Gasteiger partial charge in [0.1, 0.15) is 0 Å². The molecule has 1 aliphatic carbocycles. The molecule has 0 spiro atoms. The van der Waals surface area contributed by atoms with Gasteiger partial charge in [-0.2, -0.15) is 0 Å². The third-order valence-corrected chi connectivity index (χ3v) is 4.59. The molecule has 0 radical (unpaired) electrons. The summed E-state index contributed by atoms with van der Waals surface area (Å²) < 4.78 is 0. The minimum atomic E-state index is -0.229. The van der Waals surface area contributed by atoms with Crippen molar-refractivity contribution in [2.24, 2.45) is 11.8 Å². The lowest BCUT2D eigenvalue weighted by molar-refractivity contribution is -0.133. The number of hydrazine groups is 1. The van der Waals surface area contributed by atoms with Crippen LogP contribution < -0.4 is 16.2 Å². The Kier molecular flexibility index (Phi) is 6.83. The van der Waals surface area contributed by atoms with Crippen LogP contribution in [0.1, 0.15) is 45.4 Å². The van der Waals surface area contributed by atoms with Gasteiger partial charge in [0.15, 0.2) is 0 Å². The van der Waals surface area contributed by atoms with Crippen molar-refractivity contribution in [1.82, 2.24) is 21.1 Å². The molecule has 130 valence electrons. The van der Waals surface area contributed by atoms with Gasteiger partial charge in [-0.15, -0.1) is 0 Å². The Morgan fingerprint density at radius 2 is 1.74 bits per heavy atom. The van der Waals surface area contributed by atoms with Crippen molar-refractivity contribution in [1.29, 1.82) is 0 Å². The Morgan fingerprint density at radius 1 is 1.00 bits per heavy atom. The Morgan fingerprint density at radius 3 is 2.39 bits per heavy atom. The molecule has 2 rings (SSSR count). The van der Waals surface area contributed by atoms with Crippen LogP contribution in [0.2, 0.25) is 0 Å². The van der Waals surface area contributed by atoms with Gasteiger partial charge in [0.25, 0.3) is 5.91 Å². The average Bonchev–Trinajstić information content (AvgIpc) is 2.49. The van der Waals surface area contributed by atoms with Crippen LogP contribution >= 0.6 is 0 Å². The predicted octanol–water partition coefficient (Wildman–Crippen LogP) is 0.172. The van der Waals surface area contributed by atoms with Crippen LogP contribution in [0, 0.1) is 11.8 Å². The number of hydrogen-bond acceptors (Lipinski definition) is 4. The predicted molar refractivity (Wildman–Crippen MR) is 86.1 cm³/mol. The Balaban J connectivity index is 1.68. The van der Waals surface area contributed by atoms with E-state index in [1.54, 1.807) is 0 Å². The molecule has 1 saturated heterocycles. The number of nitrogens with zero attached hydrogens (tertiary/aromatic N) is 1. The average molecular weight is 324 g/mol. The van der Waals surface area contributed by atoms with Gasteiger partial charge >= 0.3 is 0 Å². The number of hydrogen-bond donors (Lipinski definition) is 3. The zero-order valence-corrected chi connectivity index (χ0v) is 13.9. The Bertz CT molecular complexity index is 437. The van der Waals surface area contributed by atoms with E-state index in [1.165, 1.54) is 0 Å². The highest BCUT2D eigenvalue weighted by Crippen LogP contribution is 2.25. The van der Waals surface area contributed by atoms with Crippen molar-refractivity contribution >= 4 is 17.7 Å². The highest BCUT2D eigenvalue weighted by Gasteiger charge is 2.27. The van der Waals surface area contributed by atoms with E-state index >= 15 is 0 Å². The van der Waals surface area contributed by atoms with Crippen LogP contribution in [0.5, 0.6) is 0 Å². The van der Waals surface area contributed by atoms with Crippen molar-refractivity contribution in [3.8, 4) is 0 Å². The summed E-state index contributed by atoms with van der Waals surface area (Å²) >= 11 is 0. The molecular weight excluding hydrogens is 296 g/mol.